The van der Waals surface area contributed by atoms with Gasteiger partial charge in [-0.15, -0.1) is 5.10 Å². The minimum atomic E-state index is -0.799. The van der Waals surface area contributed by atoms with E-state index in [-0.39, 0.29) is 44.9 Å². The number of nitrogens with one attached hydrogen (secondary N) is 1. The molecular formula is C20H19ClFN5O4S. The van der Waals surface area contributed by atoms with Gasteiger partial charge in [0.1, 0.15) is 11.9 Å². The first-order valence-corrected chi connectivity index (χ1v) is 10.8. The van der Waals surface area contributed by atoms with E-state index in [2.05, 4.69) is 25.5 Å². The number of pyridine rings is 2. The highest BCUT2D eigenvalue weighted by atomic mass is 35.5. The largest absolute Gasteiger partial charge is 0.494 e. The van der Waals surface area contributed by atoms with Crippen LogP contribution in [0.3, 0.4) is 0 Å². The van der Waals surface area contributed by atoms with E-state index in [0.717, 1.165) is 24.2 Å². The van der Waals surface area contributed by atoms with Gasteiger partial charge < -0.3 is 14.2 Å². The van der Waals surface area contributed by atoms with Crippen molar-refractivity contribution in [2.24, 2.45) is 0 Å². The lowest BCUT2D eigenvalue weighted by molar-refractivity contribution is -0.0383. The Balaban J connectivity index is 1.58. The van der Waals surface area contributed by atoms with E-state index >= 15 is 0 Å². The molecule has 0 bridgehead atoms. The predicted molar refractivity (Wildman–Crippen MR) is 116 cm³/mol. The van der Waals surface area contributed by atoms with Crippen molar-refractivity contribution in [3.8, 4) is 22.1 Å². The normalized spacial score (nSPS) is 17.5. The van der Waals surface area contributed by atoms with Crippen LogP contribution in [0.15, 0.2) is 18.5 Å². The fourth-order valence-electron chi connectivity index (χ4n) is 3.22. The summed E-state index contributed by atoms with van der Waals surface area (Å²) in [6.07, 6.45) is 4.40. The van der Waals surface area contributed by atoms with Gasteiger partial charge in [0.2, 0.25) is 5.13 Å². The molecule has 1 saturated carbocycles. The van der Waals surface area contributed by atoms with Crippen molar-refractivity contribution in [3.05, 3.63) is 40.7 Å². The smallest absolute Gasteiger partial charge is 0.296 e. The van der Waals surface area contributed by atoms with Gasteiger partial charge in [-0.1, -0.05) is 16.7 Å². The number of halogens is 2. The summed E-state index contributed by atoms with van der Waals surface area (Å²) in [6, 6.07) is 1.57. The highest BCUT2D eigenvalue weighted by Crippen LogP contribution is 2.37. The maximum Gasteiger partial charge on any atom is 0.296 e. The minimum absolute atomic E-state index is 0.0104. The van der Waals surface area contributed by atoms with E-state index in [1.54, 1.807) is 20.1 Å². The van der Waals surface area contributed by atoms with Gasteiger partial charge in [-0.2, -0.15) is 0 Å². The fraction of sp³-hybridized carbons (Fsp3) is 0.350. The van der Waals surface area contributed by atoms with Crippen molar-refractivity contribution in [1.82, 2.24) is 20.2 Å². The second-order valence-electron chi connectivity index (χ2n) is 7.07. The highest BCUT2D eigenvalue weighted by Gasteiger charge is 2.32. The first-order valence-electron chi connectivity index (χ1n) is 9.59. The van der Waals surface area contributed by atoms with Gasteiger partial charge in [0.15, 0.2) is 11.0 Å². The van der Waals surface area contributed by atoms with E-state index in [1.165, 1.54) is 19.5 Å². The molecule has 32 heavy (non-hydrogen) atoms. The zero-order chi connectivity index (χ0) is 22.8. The zero-order valence-electron chi connectivity index (χ0n) is 17.4. The molecule has 3 heterocycles. The Morgan fingerprint density at radius 3 is 2.72 bits per heavy atom. The molecule has 0 saturated heterocycles. The molecular weight excluding hydrogens is 461 g/mol. The van der Waals surface area contributed by atoms with E-state index in [0.29, 0.717) is 10.9 Å². The van der Waals surface area contributed by atoms with Crippen molar-refractivity contribution in [3.63, 3.8) is 0 Å². The predicted octanol–water partition coefficient (Wildman–Crippen LogP) is 3.91. The second kappa shape index (κ2) is 9.31. The molecule has 4 rings (SSSR count). The Morgan fingerprint density at radius 1 is 1.22 bits per heavy atom. The Kier molecular flexibility index (Phi) is 6.49. The molecule has 1 N–H and O–H groups in total. The number of carbonyl (C=O) groups is 1. The molecule has 0 unspecified atom stereocenters. The third-order valence-electron chi connectivity index (χ3n) is 5.00. The van der Waals surface area contributed by atoms with Crippen LogP contribution in [0.2, 0.25) is 5.15 Å². The Morgan fingerprint density at radius 2 is 2.00 bits per heavy atom. The summed E-state index contributed by atoms with van der Waals surface area (Å²) in [7, 11) is 3.04. The highest BCUT2D eigenvalue weighted by molar-refractivity contribution is 7.17. The summed E-state index contributed by atoms with van der Waals surface area (Å²) in [5.74, 6) is -1.21. The fourth-order valence-corrected chi connectivity index (χ4v) is 4.02. The maximum atomic E-state index is 14.9. The molecule has 3 aromatic rings. The number of hydrogen-bond acceptors (Lipinski definition) is 9. The van der Waals surface area contributed by atoms with Gasteiger partial charge >= 0.3 is 0 Å². The summed E-state index contributed by atoms with van der Waals surface area (Å²) in [4.78, 5) is 20.9. The number of hydrogen-bond donors (Lipinski definition) is 1. The molecule has 1 aliphatic rings. The lowest BCUT2D eigenvalue weighted by Gasteiger charge is -2.32. The number of aryl methyl sites for hydroxylation is 1. The first-order chi connectivity index (χ1) is 15.4. The molecule has 0 aliphatic heterocycles. The van der Waals surface area contributed by atoms with Crippen molar-refractivity contribution >= 4 is 34.0 Å². The molecule has 1 aliphatic carbocycles. The number of amides is 1. The molecule has 168 valence electrons. The van der Waals surface area contributed by atoms with Crippen LogP contribution >= 0.6 is 22.9 Å². The monoisotopic (exact) mass is 479 g/mol. The van der Waals surface area contributed by atoms with E-state index in [1.807, 2.05) is 0 Å². The third-order valence-corrected chi connectivity index (χ3v) is 5.99. The van der Waals surface area contributed by atoms with E-state index in [4.69, 9.17) is 25.8 Å². The topological polar surface area (TPSA) is 108 Å². The molecule has 0 radical (unpaired) electrons. The quantitative estimate of drug-likeness (QED) is 0.508. The molecule has 1 amide bonds. The average molecular weight is 480 g/mol. The van der Waals surface area contributed by atoms with Crippen LogP contribution in [-0.4, -0.2) is 52.5 Å². The standard InChI is InChI=1S/C20H19ClFN5O4S/c1-9-4-12(15-14(30-3)8-24-17(21)16(15)22)13(7-23-9)18(28)25-19-26-27-20(32-19)31-11-5-10(6-11)29-2/h4,7-8,10-11H,5-6H2,1-3H3,(H,25,26,28). The molecule has 12 heteroatoms. The number of carbonyl (C=O) groups excluding carboxylic acids is 1. The van der Waals surface area contributed by atoms with Crippen molar-refractivity contribution in [2.75, 3.05) is 19.5 Å². The van der Waals surface area contributed by atoms with Gasteiger partial charge in [-0.05, 0) is 24.3 Å². The summed E-state index contributed by atoms with van der Waals surface area (Å²) in [5.41, 5.74) is 0.957. The summed E-state index contributed by atoms with van der Waals surface area (Å²) < 4.78 is 31.1. The van der Waals surface area contributed by atoms with Crippen molar-refractivity contribution in [1.29, 1.82) is 0 Å². The van der Waals surface area contributed by atoms with E-state index < -0.39 is 11.7 Å². The second-order valence-corrected chi connectivity index (χ2v) is 8.37. The van der Waals surface area contributed by atoms with Crippen molar-refractivity contribution < 1.29 is 23.4 Å². The lowest BCUT2D eigenvalue weighted by Crippen LogP contribution is -2.38. The Labute approximate surface area is 191 Å². The number of nitrogens with zero attached hydrogens (tertiary/aromatic N) is 4. The first kappa shape index (κ1) is 22.3. The molecule has 0 atom stereocenters. The molecule has 0 aromatic carbocycles. The van der Waals surface area contributed by atoms with Crippen LogP contribution < -0.4 is 14.8 Å². The Hall–Kier alpha value is -2.89. The van der Waals surface area contributed by atoms with Gasteiger partial charge in [0, 0.05) is 37.4 Å². The molecule has 1 fully saturated rings. The lowest BCUT2D eigenvalue weighted by atomic mass is 9.92. The van der Waals surface area contributed by atoms with Crippen LogP contribution in [0.5, 0.6) is 10.9 Å². The number of methoxy groups -OCH3 is 2. The third kappa shape index (κ3) is 4.50. The molecule has 0 spiro atoms. The van der Waals surface area contributed by atoms with Crippen LogP contribution in [-0.2, 0) is 4.74 Å². The molecule has 9 nitrogen and oxygen atoms in total. The van der Waals surface area contributed by atoms with Crippen LogP contribution in [0.4, 0.5) is 9.52 Å². The zero-order valence-corrected chi connectivity index (χ0v) is 19.0. The van der Waals surface area contributed by atoms with E-state index in [9.17, 15) is 9.18 Å². The molecule has 3 aromatic heterocycles. The summed E-state index contributed by atoms with van der Waals surface area (Å²) in [5, 5.41) is 10.8. The van der Waals surface area contributed by atoms with Gasteiger partial charge in [-0.25, -0.2) is 9.37 Å². The number of anilines is 1. The van der Waals surface area contributed by atoms with Gasteiger partial charge in [0.05, 0.1) is 30.5 Å². The number of aromatic nitrogens is 4. The van der Waals surface area contributed by atoms with Crippen molar-refractivity contribution in [2.45, 2.75) is 32.0 Å². The Bertz CT molecular complexity index is 1160. The van der Waals surface area contributed by atoms with Crippen LogP contribution in [0, 0.1) is 12.7 Å². The maximum absolute atomic E-state index is 14.9. The SMILES string of the molecule is COc1cnc(Cl)c(F)c1-c1cc(C)ncc1C(=O)Nc1nnc(OC2CC(OC)C2)s1. The summed E-state index contributed by atoms with van der Waals surface area (Å²) >= 11 is 6.97. The van der Waals surface area contributed by atoms with Crippen LogP contribution in [0.25, 0.3) is 11.1 Å². The van der Waals surface area contributed by atoms with Crippen LogP contribution in [0.1, 0.15) is 28.9 Å². The minimum Gasteiger partial charge on any atom is -0.494 e. The number of ether oxygens (including phenoxy) is 3. The van der Waals surface area contributed by atoms with Gasteiger partial charge in [0.25, 0.3) is 11.1 Å². The summed E-state index contributed by atoms with van der Waals surface area (Å²) in [6.45, 7) is 1.72. The average Bonchev–Trinajstić information content (AvgIpc) is 3.18. The van der Waals surface area contributed by atoms with Gasteiger partial charge in [-0.3, -0.25) is 15.1 Å². The number of rotatable bonds is 7.